The van der Waals surface area contributed by atoms with E-state index in [-0.39, 0.29) is 35.7 Å². The van der Waals surface area contributed by atoms with Crippen LogP contribution in [0.4, 0.5) is 4.79 Å². The van der Waals surface area contributed by atoms with Crippen molar-refractivity contribution in [1.29, 1.82) is 0 Å². The van der Waals surface area contributed by atoms with Crippen molar-refractivity contribution in [3.05, 3.63) is 29.9 Å². The molecule has 0 unspecified atom stereocenters. The fourth-order valence-corrected chi connectivity index (χ4v) is 7.27. The molecule has 1 aliphatic carbocycles. The summed E-state index contributed by atoms with van der Waals surface area (Å²) in [6.07, 6.45) is 7.17. The molecule has 0 radical (unpaired) electrons. The molecule has 5 rings (SSSR count). The number of epoxide rings is 2. The highest BCUT2D eigenvalue weighted by Crippen LogP contribution is 2.60. The van der Waals surface area contributed by atoms with E-state index in [0.29, 0.717) is 13.0 Å². The van der Waals surface area contributed by atoms with Gasteiger partial charge in [-0.2, -0.15) is 0 Å². The first-order valence-corrected chi connectivity index (χ1v) is 14.9. The first-order valence-electron chi connectivity index (χ1n) is 14.9. The van der Waals surface area contributed by atoms with Crippen LogP contribution in [0.3, 0.4) is 0 Å². The molecule has 4 fully saturated rings. The number of ether oxygens (including phenoxy) is 4. The average molecular weight is 561 g/mol. The normalized spacial score (nSPS) is 34.6. The average Bonchev–Trinajstić information content (AvgIpc) is 3.78. The van der Waals surface area contributed by atoms with Crippen molar-refractivity contribution in [3.63, 3.8) is 0 Å². The molecule has 10 nitrogen and oxygen atoms in total. The van der Waals surface area contributed by atoms with Gasteiger partial charge in [0, 0.05) is 45.4 Å². The number of carbonyl (C=O) groups is 1. The van der Waals surface area contributed by atoms with E-state index in [1.807, 2.05) is 12.5 Å². The number of methoxy groups -OCH3 is 1. The summed E-state index contributed by atoms with van der Waals surface area (Å²) < 4.78 is 26.2. The molecule has 10 heteroatoms. The van der Waals surface area contributed by atoms with Gasteiger partial charge in [-0.1, -0.05) is 25.5 Å². The van der Waals surface area contributed by atoms with E-state index in [2.05, 4.69) is 50.2 Å². The summed E-state index contributed by atoms with van der Waals surface area (Å²) in [5.41, 5.74) is 1.33. The van der Waals surface area contributed by atoms with Gasteiger partial charge in [-0.3, -0.25) is 9.80 Å². The van der Waals surface area contributed by atoms with Crippen molar-refractivity contribution in [1.82, 2.24) is 19.4 Å². The Morgan fingerprint density at radius 1 is 1.30 bits per heavy atom. The molecule has 7 atom stereocenters. The number of imidazole rings is 1. The molecule has 224 valence electrons. The van der Waals surface area contributed by atoms with Crippen LogP contribution in [0.1, 0.15) is 65.6 Å². The predicted octanol–water partition coefficient (Wildman–Crippen LogP) is 3.97. The molecule has 4 heterocycles. The van der Waals surface area contributed by atoms with Gasteiger partial charge in [0.05, 0.1) is 61.7 Å². The smallest absolute Gasteiger partial charge is 0.408 e. The molecule has 1 aromatic heterocycles. The molecule has 3 aliphatic heterocycles. The van der Waals surface area contributed by atoms with Gasteiger partial charge >= 0.3 is 6.09 Å². The Kier molecular flexibility index (Phi) is 8.65. The van der Waals surface area contributed by atoms with E-state index >= 15 is 0 Å². The van der Waals surface area contributed by atoms with Crippen LogP contribution in [-0.4, -0.2) is 107 Å². The van der Waals surface area contributed by atoms with Crippen LogP contribution in [0.2, 0.25) is 0 Å². The minimum absolute atomic E-state index is 0.0286. The van der Waals surface area contributed by atoms with Gasteiger partial charge in [0.1, 0.15) is 5.60 Å². The van der Waals surface area contributed by atoms with Crippen molar-refractivity contribution in [2.45, 2.75) is 95.9 Å². The summed E-state index contributed by atoms with van der Waals surface area (Å²) in [5, 5.41) is 10.7. The third-order valence-corrected chi connectivity index (χ3v) is 9.50. The molecule has 0 aromatic carbocycles. The molecular weight excluding hydrogens is 512 g/mol. The van der Waals surface area contributed by atoms with Gasteiger partial charge in [0.2, 0.25) is 0 Å². The van der Waals surface area contributed by atoms with Crippen LogP contribution in [0.5, 0.6) is 0 Å². The van der Waals surface area contributed by atoms with Crippen LogP contribution in [-0.2, 0) is 25.5 Å². The maximum atomic E-state index is 13.1. The second kappa shape index (κ2) is 11.7. The number of nitrogens with zero attached hydrogens (tertiary/aromatic N) is 4. The number of hydrogen-bond acceptors (Lipinski definition) is 7. The summed E-state index contributed by atoms with van der Waals surface area (Å²) in [5.74, 6) is -0.0269. The quantitative estimate of drug-likeness (QED) is 0.320. The second-order valence-corrected chi connectivity index (χ2v) is 12.8. The molecule has 3 saturated heterocycles. The molecule has 1 N–H and O–H groups in total. The Labute approximate surface area is 238 Å². The Balaban J connectivity index is 1.38. The fourth-order valence-electron chi connectivity index (χ4n) is 7.27. The molecule has 0 bridgehead atoms. The molecular formula is C30H48N4O6. The molecule has 1 spiro atoms. The van der Waals surface area contributed by atoms with Gasteiger partial charge in [-0.25, -0.2) is 9.78 Å². The SMILES string of the molecule is CO[C@@H]1[C@H](N(C(=O)O)[C@H](c2cn(CCN3CCOCC3)cn2)C(C)C)CC[C@]2(CO2)[C@H]1[C@@]1(C)O[C@@H]1CC=C(C)C. The molecule has 1 amide bonds. The van der Waals surface area contributed by atoms with Crippen LogP contribution >= 0.6 is 0 Å². The van der Waals surface area contributed by atoms with Crippen molar-refractivity contribution >= 4 is 6.09 Å². The Bertz CT molecular complexity index is 1060. The van der Waals surface area contributed by atoms with Gasteiger partial charge in [-0.15, -0.1) is 0 Å². The maximum absolute atomic E-state index is 13.1. The second-order valence-electron chi connectivity index (χ2n) is 12.8. The molecule has 4 aliphatic rings. The third kappa shape index (κ3) is 5.83. The number of amides is 1. The number of allylic oxidation sites excluding steroid dienone is 1. The highest BCUT2D eigenvalue weighted by atomic mass is 16.6. The maximum Gasteiger partial charge on any atom is 0.408 e. The van der Waals surface area contributed by atoms with Crippen LogP contribution < -0.4 is 0 Å². The van der Waals surface area contributed by atoms with Gasteiger partial charge in [-0.05, 0) is 46.0 Å². The van der Waals surface area contributed by atoms with E-state index < -0.39 is 17.7 Å². The monoisotopic (exact) mass is 560 g/mol. The summed E-state index contributed by atoms with van der Waals surface area (Å²) in [7, 11) is 1.70. The highest BCUT2D eigenvalue weighted by molar-refractivity contribution is 5.66. The first kappa shape index (κ1) is 29.5. The Hall–Kier alpha value is -1.98. The number of morpholine rings is 1. The van der Waals surface area contributed by atoms with Crippen molar-refractivity contribution in [2.75, 3.05) is 46.6 Å². The van der Waals surface area contributed by atoms with Crippen molar-refractivity contribution < 1.29 is 28.8 Å². The van der Waals surface area contributed by atoms with E-state index in [1.165, 1.54) is 5.57 Å². The third-order valence-electron chi connectivity index (χ3n) is 9.50. The van der Waals surface area contributed by atoms with E-state index in [0.717, 1.165) is 57.9 Å². The summed E-state index contributed by atoms with van der Waals surface area (Å²) in [4.78, 5) is 21.8. The van der Waals surface area contributed by atoms with Gasteiger partial charge < -0.3 is 28.6 Å². The summed E-state index contributed by atoms with van der Waals surface area (Å²) in [6, 6.07) is -0.729. The van der Waals surface area contributed by atoms with Crippen molar-refractivity contribution in [2.24, 2.45) is 11.8 Å². The number of carboxylic acid groups (broad SMARTS) is 1. The largest absolute Gasteiger partial charge is 0.465 e. The summed E-state index contributed by atoms with van der Waals surface area (Å²) in [6.45, 7) is 16.3. The first-order chi connectivity index (χ1) is 19.1. The molecule has 40 heavy (non-hydrogen) atoms. The fraction of sp³-hybridized carbons (Fsp3) is 0.800. The van der Waals surface area contributed by atoms with E-state index in [9.17, 15) is 9.90 Å². The lowest BCUT2D eigenvalue weighted by Gasteiger charge is -2.48. The lowest BCUT2D eigenvalue weighted by Crippen LogP contribution is -2.61. The zero-order valence-electron chi connectivity index (χ0n) is 25.0. The highest BCUT2D eigenvalue weighted by Gasteiger charge is 2.72. The minimum Gasteiger partial charge on any atom is -0.465 e. The van der Waals surface area contributed by atoms with Gasteiger partial charge in [0.15, 0.2) is 0 Å². The summed E-state index contributed by atoms with van der Waals surface area (Å²) >= 11 is 0. The van der Waals surface area contributed by atoms with Gasteiger partial charge in [0.25, 0.3) is 0 Å². The Morgan fingerprint density at radius 2 is 2.02 bits per heavy atom. The van der Waals surface area contributed by atoms with E-state index in [4.69, 9.17) is 23.9 Å². The standard InChI is InChI=1S/C30H48N4O6/c1-20(2)7-8-24-29(5,40-24)27-26(37-6)23(9-10-30(27)18-39-30)34(28(35)36)25(21(3)4)22-17-33(19-31-22)12-11-32-13-15-38-16-14-32/h7,17,19,21,23-27H,8-16,18H2,1-6H3,(H,35,36)/t23-,24-,25+,26-,27-,29+,30+/m1/s1. The van der Waals surface area contributed by atoms with Crippen LogP contribution in [0, 0.1) is 11.8 Å². The topological polar surface area (TPSA) is 105 Å². The lowest BCUT2D eigenvalue weighted by atomic mass is 9.67. The molecule has 1 aromatic rings. The minimum atomic E-state index is -0.942. The molecule has 1 saturated carbocycles. The van der Waals surface area contributed by atoms with Crippen molar-refractivity contribution in [3.8, 4) is 0 Å². The predicted molar refractivity (Wildman–Crippen MR) is 150 cm³/mol. The zero-order valence-corrected chi connectivity index (χ0v) is 25.0. The zero-order chi connectivity index (χ0) is 28.7. The van der Waals surface area contributed by atoms with Crippen LogP contribution in [0.15, 0.2) is 24.2 Å². The van der Waals surface area contributed by atoms with E-state index in [1.54, 1.807) is 12.0 Å². The number of rotatable bonds is 11. The van der Waals surface area contributed by atoms with Crippen LogP contribution in [0.25, 0.3) is 0 Å². The Morgan fingerprint density at radius 3 is 2.62 bits per heavy atom. The number of hydrogen-bond donors (Lipinski definition) is 1. The number of aromatic nitrogens is 2. The lowest BCUT2D eigenvalue weighted by molar-refractivity contribution is -0.102.